The third-order valence-corrected chi connectivity index (χ3v) is 5.52. The summed E-state index contributed by atoms with van der Waals surface area (Å²) >= 11 is 2.43. The van der Waals surface area contributed by atoms with Gasteiger partial charge in [-0.25, -0.2) is 0 Å². The van der Waals surface area contributed by atoms with Gasteiger partial charge in [-0.3, -0.25) is 2.78 Å². The summed E-state index contributed by atoms with van der Waals surface area (Å²) in [7, 11) is 0. The second-order valence-electron chi connectivity index (χ2n) is 5.64. The molecule has 0 atom stereocenters. The molecule has 1 aromatic heterocycles. The summed E-state index contributed by atoms with van der Waals surface area (Å²) in [5.74, 6) is 0. The molecule has 0 saturated heterocycles. The lowest BCUT2D eigenvalue weighted by molar-refractivity contribution is 1.48. The van der Waals surface area contributed by atoms with Crippen LogP contribution in [0.15, 0.2) is 72.8 Å². The van der Waals surface area contributed by atoms with E-state index in [1.54, 1.807) is 0 Å². The smallest absolute Gasteiger partial charge is 0.0646 e. The van der Waals surface area contributed by atoms with E-state index in [0.717, 1.165) is 0 Å². The van der Waals surface area contributed by atoms with Crippen LogP contribution >= 0.6 is 22.9 Å². The summed E-state index contributed by atoms with van der Waals surface area (Å²) in [4.78, 5) is 0. The molecular weight excluding hydrogens is 381 g/mol. The van der Waals surface area contributed by atoms with Crippen molar-refractivity contribution in [1.82, 2.24) is 2.78 Å². The fourth-order valence-electron chi connectivity index (χ4n) is 3.55. The lowest BCUT2D eigenvalue weighted by Gasteiger charge is -2.04. The van der Waals surface area contributed by atoms with E-state index in [4.69, 9.17) is 0 Å². The highest BCUT2D eigenvalue weighted by molar-refractivity contribution is 14.1. The Balaban J connectivity index is 2.34. The number of halogens is 1. The van der Waals surface area contributed by atoms with Gasteiger partial charge in [0.25, 0.3) is 0 Å². The Morgan fingerprint density at radius 2 is 0.955 bits per heavy atom. The molecule has 0 aliphatic rings. The maximum Gasteiger partial charge on any atom is 0.0646 e. The summed E-state index contributed by atoms with van der Waals surface area (Å²) in [5.41, 5.74) is 2.52. The molecule has 0 aliphatic heterocycles. The molecule has 2 heteroatoms. The van der Waals surface area contributed by atoms with Gasteiger partial charge in [-0.1, -0.05) is 60.7 Å². The molecule has 0 bridgehead atoms. The molecule has 0 radical (unpaired) electrons. The predicted molar refractivity (Wildman–Crippen MR) is 104 cm³/mol. The molecular formula is C20H12IN. The highest BCUT2D eigenvalue weighted by atomic mass is 127. The fraction of sp³-hybridized carbons (Fsp3) is 0. The molecule has 0 amide bonds. The lowest BCUT2D eigenvalue weighted by atomic mass is 10.00. The third-order valence-electron chi connectivity index (χ3n) is 4.48. The summed E-state index contributed by atoms with van der Waals surface area (Å²) in [6.45, 7) is 0. The standard InChI is InChI=1S/C20H12IN/c21-22-17-11-3-7-13-5-1-9-15(19(13)17)16-10-2-6-14-8-4-12-18(22)20(14)16/h1-12H. The molecule has 1 nitrogen and oxygen atoms in total. The van der Waals surface area contributed by atoms with Crippen molar-refractivity contribution in [2.45, 2.75) is 0 Å². The molecule has 104 valence electrons. The van der Waals surface area contributed by atoms with E-state index in [2.05, 4.69) is 98.4 Å². The summed E-state index contributed by atoms with van der Waals surface area (Å²) < 4.78 is 2.29. The maximum atomic E-state index is 2.43. The first kappa shape index (κ1) is 12.5. The largest absolute Gasteiger partial charge is 0.282 e. The quantitative estimate of drug-likeness (QED) is 0.272. The molecule has 5 rings (SSSR count). The van der Waals surface area contributed by atoms with Crippen LogP contribution in [0, 0.1) is 0 Å². The van der Waals surface area contributed by atoms with Gasteiger partial charge in [0.15, 0.2) is 0 Å². The first-order valence-corrected chi connectivity index (χ1v) is 8.31. The van der Waals surface area contributed by atoms with E-state index in [1.165, 1.54) is 43.4 Å². The predicted octanol–water partition coefficient (Wildman–Crippen LogP) is 6.30. The molecule has 0 saturated carbocycles. The van der Waals surface area contributed by atoms with Crippen molar-refractivity contribution in [3.8, 4) is 0 Å². The van der Waals surface area contributed by atoms with Crippen molar-refractivity contribution in [3.63, 3.8) is 0 Å². The number of benzene rings is 4. The Morgan fingerprint density at radius 1 is 0.545 bits per heavy atom. The Hall–Kier alpha value is -2.07. The Kier molecular flexibility index (Phi) is 2.53. The van der Waals surface area contributed by atoms with Crippen LogP contribution in [0.3, 0.4) is 0 Å². The third kappa shape index (κ3) is 1.53. The zero-order valence-corrected chi connectivity index (χ0v) is 13.9. The van der Waals surface area contributed by atoms with E-state index in [-0.39, 0.29) is 0 Å². The van der Waals surface area contributed by atoms with Crippen molar-refractivity contribution in [2.75, 3.05) is 0 Å². The monoisotopic (exact) mass is 393 g/mol. The minimum Gasteiger partial charge on any atom is -0.282 e. The molecule has 4 aromatic carbocycles. The number of hydrogen-bond acceptors (Lipinski definition) is 0. The topological polar surface area (TPSA) is 4.93 Å². The van der Waals surface area contributed by atoms with Gasteiger partial charge in [-0.2, -0.15) is 0 Å². The van der Waals surface area contributed by atoms with Crippen LogP contribution in [-0.2, 0) is 0 Å². The zero-order valence-electron chi connectivity index (χ0n) is 11.8. The second-order valence-corrected chi connectivity index (χ2v) is 6.61. The second kappa shape index (κ2) is 4.46. The molecule has 0 unspecified atom stereocenters. The molecule has 0 N–H and O–H groups in total. The van der Waals surface area contributed by atoms with Gasteiger partial charge in [0.2, 0.25) is 0 Å². The summed E-state index contributed by atoms with van der Waals surface area (Å²) in [6, 6.07) is 26.3. The minimum atomic E-state index is 1.26. The molecule has 0 fully saturated rings. The normalized spacial score (nSPS) is 11.9. The van der Waals surface area contributed by atoms with Crippen LogP contribution in [0.2, 0.25) is 0 Å². The minimum absolute atomic E-state index is 1.26. The van der Waals surface area contributed by atoms with Crippen molar-refractivity contribution < 1.29 is 0 Å². The first-order valence-electron chi connectivity index (χ1n) is 7.34. The number of fused-ring (bicyclic) bond motifs is 1. The highest BCUT2D eigenvalue weighted by Gasteiger charge is 2.11. The van der Waals surface area contributed by atoms with Crippen molar-refractivity contribution in [3.05, 3.63) is 72.8 Å². The van der Waals surface area contributed by atoms with Gasteiger partial charge in [-0.15, -0.1) is 0 Å². The average Bonchev–Trinajstić information content (AvgIpc) is 2.68. The summed E-state index contributed by atoms with van der Waals surface area (Å²) in [5, 5.41) is 7.91. The van der Waals surface area contributed by atoms with Gasteiger partial charge in [-0.05, 0) is 33.7 Å². The average molecular weight is 393 g/mol. The Bertz CT molecular complexity index is 1080. The van der Waals surface area contributed by atoms with Gasteiger partial charge in [0.1, 0.15) is 0 Å². The number of nitrogens with zero attached hydrogens (tertiary/aromatic N) is 1. The van der Waals surface area contributed by atoms with Crippen LogP contribution in [0.1, 0.15) is 0 Å². The lowest BCUT2D eigenvalue weighted by Crippen LogP contribution is -1.84. The van der Waals surface area contributed by atoms with Crippen molar-refractivity contribution >= 4 is 66.2 Å². The van der Waals surface area contributed by atoms with E-state index in [9.17, 15) is 0 Å². The molecule has 0 spiro atoms. The van der Waals surface area contributed by atoms with Crippen molar-refractivity contribution in [2.24, 2.45) is 0 Å². The van der Waals surface area contributed by atoms with Gasteiger partial charge in [0, 0.05) is 10.8 Å². The van der Waals surface area contributed by atoms with Crippen LogP contribution in [0.4, 0.5) is 0 Å². The van der Waals surface area contributed by atoms with E-state index in [0.29, 0.717) is 0 Å². The molecule has 0 aliphatic carbocycles. The van der Waals surface area contributed by atoms with Crippen LogP contribution in [0.25, 0.3) is 43.4 Å². The fourth-order valence-corrected chi connectivity index (χ4v) is 4.35. The zero-order chi connectivity index (χ0) is 14.7. The highest BCUT2D eigenvalue weighted by Crippen LogP contribution is 2.36. The van der Waals surface area contributed by atoms with Crippen LogP contribution < -0.4 is 0 Å². The van der Waals surface area contributed by atoms with Gasteiger partial charge < -0.3 is 0 Å². The number of aromatic nitrogens is 1. The number of hydrogen-bond donors (Lipinski definition) is 0. The maximum absolute atomic E-state index is 2.43. The van der Waals surface area contributed by atoms with E-state index in [1.807, 2.05) is 0 Å². The molecule has 22 heavy (non-hydrogen) atoms. The number of rotatable bonds is 0. The van der Waals surface area contributed by atoms with E-state index >= 15 is 0 Å². The SMILES string of the molecule is In1c2cccc3cccc(c4cccc5cccc1c54)c32. The van der Waals surface area contributed by atoms with Crippen LogP contribution in [0.5, 0.6) is 0 Å². The first-order chi connectivity index (χ1) is 10.8. The Labute approximate surface area is 141 Å². The van der Waals surface area contributed by atoms with Crippen LogP contribution in [-0.4, -0.2) is 2.78 Å². The molecule has 5 aromatic rings. The van der Waals surface area contributed by atoms with Crippen molar-refractivity contribution in [1.29, 1.82) is 0 Å². The Morgan fingerprint density at radius 3 is 1.41 bits per heavy atom. The molecule has 1 heterocycles. The summed E-state index contributed by atoms with van der Waals surface area (Å²) in [6.07, 6.45) is 0. The van der Waals surface area contributed by atoms with Gasteiger partial charge in [0.05, 0.1) is 33.9 Å². The van der Waals surface area contributed by atoms with Gasteiger partial charge >= 0.3 is 0 Å². The van der Waals surface area contributed by atoms with E-state index < -0.39 is 0 Å².